The van der Waals surface area contributed by atoms with Gasteiger partial charge in [-0.05, 0) is 22.0 Å². The van der Waals surface area contributed by atoms with Crippen LogP contribution in [0, 0.1) is 10.1 Å². The molecule has 1 aromatic heterocycles. The largest absolute Gasteiger partial charge is 0.320 e. The van der Waals surface area contributed by atoms with Crippen LogP contribution in [0.4, 0.5) is 11.4 Å². The van der Waals surface area contributed by atoms with E-state index in [4.69, 9.17) is 0 Å². The molecule has 1 N–H and O–H groups in total. The maximum absolute atomic E-state index is 11.7. The summed E-state index contributed by atoms with van der Waals surface area (Å²) in [5.74, 6) is -0.356. The van der Waals surface area contributed by atoms with Crippen molar-refractivity contribution in [3.8, 4) is 0 Å². The Labute approximate surface area is 114 Å². The average Bonchev–Trinajstić information content (AvgIpc) is 2.85. The van der Waals surface area contributed by atoms with Crippen molar-refractivity contribution in [3.63, 3.8) is 0 Å². The third kappa shape index (κ3) is 2.71. The van der Waals surface area contributed by atoms with Crippen LogP contribution in [-0.2, 0) is 0 Å². The lowest BCUT2D eigenvalue weighted by Crippen LogP contribution is -2.12. The smallest absolute Gasteiger partial charge is 0.275 e. The van der Waals surface area contributed by atoms with Crippen molar-refractivity contribution in [2.75, 3.05) is 5.32 Å². The van der Waals surface area contributed by atoms with Gasteiger partial charge in [-0.2, -0.15) is 0 Å². The van der Waals surface area contributed by atoms with Crippen molar-refractivity contribution >= 4 is 44.5 Å². The number of carbonyl (C=O) groups is 1. The molecule has 0 saturated carbocycles. The number of amides is 1. The van der Waals surface area contributed by atoms with Crippen molar-refractivity contribution in [2.45, 2.75) is 0 Å². The summed E-state index contributed by atoms with van der Waals surface area (Å²) in [6.07, 6.45) is 0. The second kappa shape index (κ2) is 5.23. The lowest BCUT2D eigenvalue weighted by atomic mass is 10.3. The van der Waals surface area contributed by atoms with E-state index >= 15 is 0 Å². The van der Waals surface area contributed by atoms with Crippen LogP contribution in [0.3, 0.4) is 0 Å². The molecule has 0 spiro atoms. The average molecular weight is 328 g/mol. The van der Waals surface area contributed by atoms with Crippen LogP contribution in [0.2, 0.25) is 0 Å². The minimum atomic E-state index is -0.503. The fourth-order valence-corrected chi connectivity index (χ4v) is 2.23. The Balaban J connectivity index is 2.20. The normalized spacial score (nSPS) is 10.1. The van der Waals surface area contributed by atoms with Crippen LogP contribution in [0.1, 0.15) is 10.5 Å². The zero-order chi connectivity index (χ0) is 13.1. The van der Waals surface area contributed by atoms with E-state index in [1.54, 1.807) is 10.9 Å². The minimum absolute atomic E-state index is 0.0477. The van der Waals surface area contributed by atoms with Crippen LogP contribution in [0.15, 0.2) is 33.6 Å². The molecule has 0 fully saturated rings. The second-order valence-corrected chi connectivity index (χ2v) is 4.82. The molecule has 0 radical (unpaired) electrons. The molecule has 0 aliphatic heterocycles. The van der Waals surface area contributed by atoms with E-state index < -0.39 is 4.92 Å². The first-order valence-electron chi connectivity index (χ1n) is 4.71. The number of carbonyl (C=O) groups excluding carboxylic acids is 1. The molecule has 8 heteroatoms. The highest BCUT2D eigenvalue weighted by Gasteiger charge is 2.13. The van der Waals surface area contributed by atoms with E-state index in [-0.39, 0.29) is 11.6 Å². The number of aromatic nitrogens is 1. The summed E-state index contributed by atoms with van der Waals surface area (Å²) in [5.41, 5.74) is 2.28. The molecule has 92 valence electrons. The fraction of sp³-hybridized carbons (Fsp3) is 0. The highest BCUT2D eigenvalue weighted by Crippen LogP contribution is 2.27. The molecule has 0 unspecified atom stereocenters. The number of rotatable bonds is 3. The number of non-ortho nitro benzene ring substituents is 1. The zero-order valence-corrected chi connectivity index (χ0v) is 11.2. The molecule has 0 atom stereocenters. The summed E-state index contributed by atoms with van der Waals surface area (Å²) in [7, 11) is 0. The lowest BCUT2D eigenvalue weighted by Gasteiger charge is -2.05. The van der Waals surface area contributed by atoms with Gasteiger partial charge in [0.05, 0.1) is 16.1 Å². The maximum Gasteiger partial charge on any atom is 0.275 e. The van der Waals surface area contributed by atoms with Gasteiger partial charge in [0.25, 0.3) is 11.6 Å². The molecule has 2 rings (SSSR count). The first kappa shape index (κ1) is 12.7. The highest BCUT2D eigenvalue weighted by molar-refractivity contribution is 9.10. The number of anilines is 1. The SMILES string of the molecule is O=C(Nc1ccc([N+](=O)[O-])cc1Br)c1cscn1. The third-order valence-electron chi connectivity index (χ3n) is 2.08. The Morgan fingerprint density at radius 1 is 1.50 bits per heavy atom. The van der Waals surface area contributed by atoms with E-state index in [9.17, 15) is 14.9 Å². The van der Waals surface area contributed by atoms with E-state index in [1.165, 1.54) is 29.5 Å². The van der Waals surface area contributed by atoms with Gasteiger partial charge in [0.1, 0.15) is 5.69 Å². The van der Waals surface area contributed by atoms with Gasteiger partial charge < -0.3 is 5.32 Å². The number of thiazole rings is 1. The zero-order valence-electron chi connectivity index (χ0n) is 8.79. The molecule has 2 aromatic rings. The number of hydrogen-bond acceptors (Lipinski definition) is 5. The Morgan fingerprint density at radius 2 is 2.28 bits per heavy atom. The minimum Gasteiger partial charge on any atom is -0.320 e. The molecule has 1 amide bonds. The van der Waals surface area contributed by atoms with Gasteiger partial charge in [-0.1, -0.05) is 0 Å². The Hall–Kier alpha value is -1.80. The van der Waals surface area contributed by atoms with Gasteiger partial charge in [0.2, 0.25) is 0 Å². The van der Waals surface area contributed by atoms with Gasteiger partial charge in [0.15, 0.2) is 0 Å². The van der Waals surface area contributed by atoms with E-state index in [0.717, 1.165) is 0 Å². The van der Waals surface area contributed by atoms with Crippen LogP contribution >= 0.6 is 27.3 Å². The summed E-state index contributed by atoms with van der Waals surface area (Å²) >= 11 is 4.49. The summed E-state index contributed by atoms with van der Waals surface area (Å²) < 4.78 is 0.445. The van der Waals surface area contributed by atoms with Gasteiger partial charge >= 0.3 is 0 Å². The van der Waals surface area contributed by atoms with Gasteiger partial charge in [0, 0.05) is 22.0 Å². The molecule has 1 heterocycles. The quantitative estimate of drug-likeness (QED) is 0.693. The molecule has 0 aliphatic carbocycles. The number of nitro benzene ring substituents is 1. The fourth-order valence-electron chi connectivity index (χ4n) is 1.23. The van der Waals surface area contributed by atoms with Crippen molar-refractivity contribution in [1.82, 2.24) is 4.98 Å². The molecule has 18 heavy (non-hydrogen) atoms. The van der Waals surface area contributed by atoms with Crippen LogP contribution < -0.4 is 5.32 Å². The predicted molar refractivity (Wildman–Crippen MR) is 70.9 cm³/mol. The maximum atomic E-state index is 11.7. The van der Waals surface area contributed by atoms with Gasteiger partial charge in [-0.15, -0.1) is 11.3 Å². The van der Waals surface area contributed by atoms with Gasteiger partial charge in [-0.25, -0.2) is 4.98 Å². The summed E-state index contributed by atoms with van der Waals surface area (Å²) in [4.78, 5) is 25.7. The number of nitrogens with one attached hydrogen (secondary N) is 1. The van der Waals surface area contributed by atoms with Crippen LogP contribution in [0.25, 0.3) is 0 Å². The Kier molecular flexibility index (Phi) is 3.68. The molecular formula is C10H6BrN3O3S. The van der Waals surface area contributed by atoms with E-state index in [2.05, 4.69) is 26.2 Å². The van der Waals surface area contributed by atoms with Gasteiger partial charge in [-0.3, -0.25) is 14.9 Å². The number of nitrogens with zero attached hydrogens (tertiary/aromatic N) is 2. The van der Waals surface area contributed by atoms with Crippen molar-refractivity contribution < 1.29 is 9.72 Å². The molecule has 1 aromatic carbocycles. The van der Waals surface area contributed by atoms with Crippen molar-refractivity contribution in [2.24, 2.45) is 0 Å². The molecule has 0 aliphatic rings. The Bertz CT molecular complexity index is 600. The third-order valence-corrected chi connectivity index (χ3v) is 3.32. The Morgan fingerprint density at radius 3 is 2.83 bits per heavy atom. The summed E-state index contributed by atoms with van der Waals surface area (Å²) in [5, 5.41) is 14.8. The molecular weight excluding hydrogens is 322 g/mol. The molecule has 6 nitrogen and oxygen atoms in total. The molecule has 0 saturated heterocycles. The number of hydrogen-bond donors (Lipinski definition) is 1. The van der Waals surface area contributed by atoms with Crippen molar-refractivity contribution in [1.29, 1.82) is 0 Å². The lowest BCUT2D eigenvalue weighted by molar-refractivity contribution is -0.384. The number of nitro groups is 1. The van der Waals surface area contributed by atoms with Crippen LogP contribution in [-0.4, -0.2) is 15.8 Å². The second-order valence-electron chi connectivity index (χ2n) is 3.25. The van der Waals surface area contributed by atoms with E-state index in [0.29, 0.717) is 15.9 Å². The number of benzene rings is 1. The highest BCUT2D eigenvalue weighted by atomic mass is 79.9. The van der Waals surface area contributed by atoms with Crippen molar-refractivity contribution in [3.05, 3.63) is 49.4 Å². The summed E-state index contributed by atoms with van der Waals surface area (Å²) in [6.45, 7) is 0. The first-order valence-corrected chi connectivity index (χ1v) is 6.45. The molecule has 0 bridgehead atoms. The summed E-state index contributed by atoms with van der Waals surface area (Å²) in [6, 6.07) is 4.12. The topological polar surface area (TPSA) is 85.1 Å². The standard InChI is InChI=1S/C10H6BrN3O3S/c11-7-3-6(14(16)17)1-2-8(7)13-10(15)9-4-18-5-12-9/h1-5H,(H,13,15). The van der Waals surface area contributed by atoms with E-state index in [1.807, 2.05) is 0 Å². The predicted octanol–water partition coefficient (Wildman–Crippen LogP) is 3.07. The monoisotopic (exact) mass is 327 g/mol. The van der Waals surface area contributed by atoms with Crippen LogP contribution in [0.5, 0.6) is 0 Å². The first-order chi connectivity index (χ1) is 8.58. The number of halogens is 1.